The molecular formula is C13H28N2O. The van der Waals surface area contributed by atoms with E-state index in [1.807, 2.05) is 0 Å². The fraction of sp³-hybridized carbons (Fsp3) is 1.00. The monoisotopic (exact) mass is 228 g/mol. The molecule has 1 rings (SSSR count). The van der Waals surface area contributed by atoms with E-state index in [4.69, 9.17) is 4.74 Å². The van der Waals surface area contributed by atoms with Crippen LogP contribution < -0.4 is 5.32 Å². The maximum atomic E-state index is 5.32. The summed E-state index contributed by atoms with van der Waals surface area (Å²) in [5.74, 6) is 0. The maximum absolute atomic E-state index is 5.32. The SMILES string of the molecule is CCNC1CCC(N(C)CC(C)OC)CC1. The van der Waals surface area contributed by atoms with Crippen LogP contribution in [0.25, 0.3) is 0 Å². The minimum atomic E-state index is 0.344. The zero-order valence-corrected chi connectivity index (χ0v) is 11.3. The van der Waals surface area contributed by atoms with Crippen molar-refractivity contribution in [2.75, 3.05) is 27.2 Å². The molecule has 3 nitrogen and oxygen atoms in total. The number of ether oxygens (including phenoxy) is 1. The number of methoxy groups -OCH3 is 1. The van der Waals surface area contributed by atoms with E-state index in [1.165, 1.54) is 25.7 Å². The van der Waals surface area contributed by atoms with Crippen LogP contribution in [0.15, 0.2) is 0 Å². The molecule has 0 heterocycles. The van der Waals surface area contributed by atoms with Gasteiger partial charge in [-0.15, -0.1) is 0 Å². The molecule has 0 saturated heterocycles. The smallest absolute Gasteiger partial charge is 0.0670 e. The van der Waals surface area contributed by atoms with Crippen molar-refractivity contribution in [1.82, 2.24) is 10.2 Å². The molecular weight excluding hydrogens is 200 g/mol. The Morgan fingerprint density at radius 3 is 2.44 bits per heavy atom. The summed E-state index contributed by atoms with van der Waals surface area (Å²) in [5, 5.41) is 3.55. The lowest BCUT2D eigenvalue weighted by atomic mass is 9.90. The van der Waals surface area contributed by atoms with Crippen molar-refractivity contribution in [3.63, 3.8) is 0 Å². The number of likely N-dealkylation sites (N-methyl/N-ethyl adjacent to an activating group) is 1. The normalized spacial score (nSPS) is 28.3. The first kappa shape index (κ1) is 13.9. The van der Waals surface area contributed by atoms with Crippen molar-refractivity contribution in [2.45, 2.75) is 57.7 Å². The van der Waals surface area contributed by atoms with Gasteiger partial charge in [0, 0.05) is 25.7 Å². The van der Waals surface area contributed by atoms with Crippen molar-refractivity contribution in [3.05, 3.63) is 0 Å². The Morgan fingerprint density at radius 1 is 1.31 bits per heavy atom. The van der Waals surface area contributed by atoms with Gasteiger partial charge in [-0.2, -0.15) is 0 Å². The molecule has 16 heavy (non-hydrogen) atoms. The van der Waals surface area contributed by atoms with E-state index in [2.05, 4.69) is 31.1 Å². The third-order valence-electron chi connectivity index (χ3n) is 3.76. The van der Waals surface area contributed by atoms with Crippen molar-refractivity contribution in [1.29, 1.82) is 0 Å². The molecule has 96 valence electrons. The first-order valence-electron chi connectivity index (χ1n) is 6.63. The van der Waals surface area contributed by atoms with Crippen LogP contribution in [0.1, 0.15) is 39.5 Å². The highest BCUT2D eigenvalue weighted by molar-refractivity contribution is 4.82. The fourth-order valence-corrected chi connectivity index (χ4v) is 2.64. The summed E-state index contributed by atoms with van der Waals surface area (Å²) in [6, 6.07) is 1.52. The molecule has 1 fully saturated rings. The van der Waals surface area contributed by atoms with Gasteiger partial charge >= 0.3 is 0 Å². The Labute approximate surface area is 101 Å². The van der Waals surface area contributed by atoms with Gasteiger partial charge in [0.25, 0.3) is 0 Å². The van der Waals surface area contributed by atoms with E-state index >= 15 is 0 Å². The minimum Gasteiger partial charge on any atom is -0.380 e. The van der Waals surface area contributed by atoms with E-state index < -0.39 is 0 Å². The Balaban J connectivity index is 2.24. The highest BCUT2D eigenvalue weighted by atomic mass is 16.5. The minimum absolute atomic E-state index is 0.344. The van der Waals surface area contributed by atoms with Crippen LogP contribution in [0.2, 0.25) is 0 Å². The Bertz CT molecular complexity index is 179. The van der Waals surface area contributed by atoms with Gasteiger partial charge in [0.15, 0.2) is 0 Å². The predicted octanol–water partition coefficient (Wildman–Crippen LogP) is 1.87. The van der Waals surface area contributed by atoms with Crippen LogP contribution in [0, 0.1) is 0 Å². The summed E-state index contributed by atoms with van der Waals surface area (Å²) >= 11 is 0. The molecule has 0 spiro atoms. The van der Waals surface area contributed by atoms with Crippen LogP contribution >= 0.6 is 0 Å². The van der Waals surface area contributed by atoms with Gasteiger partial charge in [-0.25, -0.2) is 0 Å². The van der Waals surface area contributed by atoms with E-state index in [1.54, 1.807) is 7.11 Å². The highest BCUT2D eigenvalue weighted by Gasteiger charge is 2.23. The summed E-state index contributed by atoms with van der Waals surface area (Å²) in [4.78, 5) is 2.47. The predicted molar refractivity (Wildman–Crippen MR) is 68.8 cm³/mol. The van der Waals surface area contributed by atoms with Gasteiger partial charge in [0.1, 0.15) is 0 Å². The van der Waals surface area contributed by atoms with Crippen LogP contribution in [0.5, 0.6) is 0 Å². The molecule has 0 amide bonds. The highest BCUT2D eigenvalue weighted by Crippen LogP contribution is 2.22. The van der Waals surface area contributed by atoms with Crippen LogP contribution in [0.4, 0.5) is 0 Å². The largest absolute Gasteiger partial charge is 0.380 e. The Hall–Kier alpha value is -0.120. The third-order valence-corrected chi connectivity index (χ3v) is 3.76. The average Bonchev–Trinajstić information content (AvgIpc) is 2.30. The van der Waals surface area contributed by atoms with Crippen molar-refractivity contribution < 1.29 is 4.74 Å². The summed E-state index contributed by atoms with van der Waals surface area (Å²) < 4.78 is 5.32. The van der Waals surface area contributed by atoms with Gasteiger partial charge in [-0.1, -0.05) is 6.92 Å². The van der Waals surface area contributed by atoms with Crippen molar-refractivity contribution >= 4 is 0 Å². The molecule has 1 atom stereocenters. The van der Waals surface area contributed by atoms with Gasteiger partial charge < -0.3 is 15.0 Å². The van der Waals surface area contributed by atoms with Crippen LogP contribution in [-0.2, 0) is 4.74 Å². The molecule has 3 heteroatoms. The topological polar surface area (TPSA) is 24.5 Å². The molecule has 0 aromatic rings. The number of nitrogens with one attached hydrogen (secondary N) is 1. The van der Waals surface area contributed by atoms with Crippen molar-refractivity contribution in [2.24, 2.45) is 0 Å². The fourth-order valence-electron chi connectivity index (χ4n) is 2.64. The number of hydrogen-bond donors (Lipinski definition) is 1. The average molecular weight is 228 g/mol. The lowest BCUT2D eigenvalue weighted by Gasteiger charge is -2.35. The zero-order valence-electron chi connectivity index (χ0n) is 11.3. The number of rotatable bonds is 6. The van der Waals surface area contributed by atoms with E-state index in [0.717, 1.165) is 25.2 Å². The summed E-state index contributed by atoms with van der Waals surface area (Å²) in [7, 11) is 4.02. The molecule has 0 aliphatic heterocycles. The molecule has 1 aliphatic rings. The summed E-state index contributed by atoms with van der Waals surface area (Å²) in [6.45, 7) is 6.48. The first-order chi connectivity index (χ1) is 7.67. The summed E-state index contributed by atoms with van der Waals surface area (Å²) in [5.41, 5.74) is 0. The second-order valence-corrected chi connectivity index (χ2v) is 5.05. The van der Waals surface area contributed by atoms with Crippen LogP contribution in [-0.4, -0.2) is 50.3 Å². The van der Waals surface area contributed by atoms with Crippen LogP contribution in [0.3, 0.4) is 0 Å². The molecule has 1 unspecified atom stereocenters. The molecule has 1 saturated carbocycles. The molecule has 1 aliphatic carbocycles. The maximum Gasteiger partial charge on any atom is 0.0670 e. The lowest BCUT2D eigenvalue weighted by Crippen LogP contribution is -2.43. The van der Waals surface area contributed by atoms with E-state index in [0.29, 0.717) is 6.10 Å². The second kappa shape index (κ2) is 7.25. The van der Waals surface area contributed by atoms with Gasteiger partial charge in [0.05, 0.1) is 6.10 Å². The first-order valence-corrected chi connectivity index (χ1v) is 6.63. The number of hydrogen-bond acceptors (Lipinski definition) is 3. The van der Waals surface area contributed by atoms with Gasteiger partial charge in [-0.05, 0) is 46.2 Å². The second-order valence-electron chi connectivity index (χ2n) is 5.05. The lowest BCUT2D eigenvalue weighted by molar-refractivity contribution is 0.0616. The van der Waals surface area contributed by atoms with Crippen molar-refractivity contribution in [3.8, 4) is 0 Å². The van der Waals surface area contributed by atoms with Gasteiger partial charge in [-0.3, -0.25) is 0 Å². The number of nitrogens with zero attached hydrogens (tertiary/aromatic N) is 1. The van der Waals surface area contributed by atoms with E-state index in [-0.39, 0.29) is 0 Å². The Morgan fingerprint density at radius 2 is 1.94 bits per heavy atom. The quantitative estimate of drug-likeness (QED) is 0.751. The van der Waals surface area contributed by atoms with E-state index in [9.17, 15) is 0 Å². The molecule has 1 N–H and O–H groups in total. The summed E-state index contributed by atoms with van der Waals surface area (Å²) in [6.07, 6.45) is 5.64. The molecule has 0 aromatic heterocycles. The molecule has 0 bridgehead atoms. The standard InChI is InChI=1S/C13H28N2O/c1-5-14-12-6-8-13(9-7-12)15(3)10-11(2)16-4/h11-14H,5-10H2,1-4H3. The van der Waals surface area contributed by atoms with Gasteiger partial charge in [0.2, 0.25) is 0 Å². The zero-order chi connectivity index (χ0) is 12.0. The molecule has 0 radical (unpaired) electrons. The molecule has 0 aromatic carbocycles. The Kier molecular flexibility index (Phi) is 6.32. The third kappa shape index (κ3) is 4.40.